The molecule has 1 aliphatic heterocycles. The van der Waals surface area contributed by atoms with Crippen molar-refractivity contribution in [1.82, 2.24) is 4.57 Å². The molecule has 3 unspecified atom stereocenters. The quantitative estimate of drug-likeness (QED) is 0.178. The second-order valence-corrected chi connectivity index (χ2v) is 14.2. The molecule has 52 heavy (non-hydrogen) atoms. The average Bonchev–Trinajstić information content (AvgIpc) is 3.55. The number of aromatic nitrogens is 1. The third-order valence-corrected chi connectivity index (χ3v) is 11.2. The Hall–Kier alpha value is -6.61. The highest BCUT2D eigenvalue weighted by Crippen LogP contribution is 2.52. The first kappa shape index (κ1) is 31.4. The van der Waals surface area contributed by atoms with Crippen LogP contribution >= 0.6 is 0 Å². The second-order valence-electron chi connectivity index (χ2n) is 14.2. The van der Waals surface area contributed by atoms with E-state index < -0.39 is 0 Å². The Bertz CT molecular complexity index is 2570. The van der Waals surface area contributed by atoms with Crippen LogP contribution in [-0.4, -0.2) is 10.6 Å². The van der Waals surface area contributed by atoms with Crippen LogP contribution in [0.4, 0.5) is 11.4 Å². The lowest BCUT2D eigenvalue weighted by molar-refractivity contribution is 0.489. The molecule has 4 aliphatic rings. The van der Waals surface area contributed by atoms with E-state index in [9.17, 15) is 15.8 Å². The van der Waals surface area contributed by atoms with Crippen LogP contribution in [0, 0.1) is 39.9 Å². The Kier molecular flexibility index (Phi) is 7.61. The molecule has 3 atom stereocenters. The standard InChI is InChI=1S/C47H35N5/c1-30-18-20-46-40(22-30)38-14-6-8-17-44(38)52(46)47-35(28-49)25-34(26-36(47)29-50)32-10-9-11-33(24-32)37-12-5-7-16-42(37)51-43-15-4-2-3-13-39(43)41-23-31(27-48)19-21-45(41)51/h2-4,6-11,13-14,16-21,23-26,30,40,46H,5,12,15,22H2,1H3. The zero-order chi connectivity index (χ0) is 35.3. The summed E-state index contributed by atoms with van der Waals surface area (Å²) in [6.45, 7) is 2.25. The van der Waals surface area contributed by atoms with Gasteiger partial charge in [0.15, 0.2) is 0 Å². The molecule has 5 nitrogen and oxygen atoms in total. The summed E-state index contributed by atoms with van der Waals surface area (Å²) in [6, 6.07) is 34.2. The molecule has 0 spiro atoms. The summed E-state index contributed by atoms with van der Waals surface area (Å²) in [5.41, 5.74) is 13.4. The lowest BCUT2D eigenvalue weighted by atomic mass is 9.82. The van der Waals surface area contributed by atoms with Crippen LogP contribution in [0.5, 0.6) is 0 Å². The van der Waals surface area contributed by atoms with Gasteiger partial charge in [-0.1, -0.05) is 85.9 Å². The fraction of sp³-hybridized carbons (Fsp3) is 0.170. The maximum Gasteiger partial charge on any atom is 0.101 e. The zero-order valence-corrected chi connectivity index (χ0v) is 28.9. The Labute approximate surface area is 304 Å². The van der Waals surface area contributed by atoms with E-state index in [2.05, 4.69) is 132 Å². The first-order valence-electron chi connectivity index (χ1n) is 18.0. The summed E-state index contributed by atoms with van der Waals surface area (Å²) in [6.07, 6.45) is 21.1. The summed E-state index contributed by atoms with van der Waals surface area (Å²) in [5.74, 6) is 0.784. The lowest BCUT2D eigenvalue weighted by Gasteiger charge is -2.33. The number of fused-ring (bicyclic) bond motifs is 6. The van der Waals surface area contributed by atoms with Crippen LogP contribution in [0.15, 0.2) is 121 Å². The highest BCUT2D eigenvalue weighted by molar-refractivity contribution is 6.00. The lowest BCUT2D eigenvalue weighted by Crippen LogP contribution is -2.32. The molecule has 0 bridgehead atoms. The van der Waals surface area contributed by atoms with Crippen molar-refractivity contribution in [2.75, 3.05) is 4.90 Å². The van der Waals surface area contributed by atoms with E-state index in [0.717, 1.165) is 70.2 Å². The molecule has 0 saturated heterocycles. The number of hydrogen-bond donors (Lipinski definition) is 0. The molecule has 0 saturated carbocycles. The Morgan fingerprint density at radius 2 is 1.58 bits per heavy atom. The fourth-order valence-electron chi connectivity index (χ4n) is 8.86. The average molecular weight is 670 g/mol. The predicted molar refractivity (Wildman–Crippen MR) is 209 cm³/mol. The van der Waals surface area contributed by atoms with Crippen molar-refractivity contribution in [3.05, 3.63) is 160 Å². The molecule has 248 valence electrons. The van der Waals surface area contributed by atoms with Gasteiger partial charge in [0.1, 0.15) is 12.1 Å². The second kappa shape index (κ2) is 12.6. The molecule has 0 N–H and O–H groups in total. The van der Waals surface area contributed by atoms with Crippen LogP contribution in [0.3, 0.4) is 0 Å². The number of allylic oxidation sites excluding steroid dienone is 8. The van der Waals surface area contributed by atoms with Gasteiger partial charge in [-0.25, -0.2) is 0 Å². The summed E-state index contributed by atoms with van der Waals surface area (Å²) >= 11 is 0. The first-order valence-corrected chi connectivity index (χ1v) is 18.0. The summed E-state index contributed by atoms with van der Waals surface area (Å²) in [5, 5.41) is 32.1. The largest absolute Gasteiger partial charge is 0.331 e. The Morgan fingerprint density at radius 3 is 2.40 bits per heavy atom. The van der Waals surface area contributed by atoms with Gasteiger partial charge in [-0.05, 0) is 102 Å². The minimum atomic E-state index is 0.0592. The van der Waals surface area contributed by atoms with Crippen molar-refractivity contribution in [2.24, 2.45) is 5.92 Å². The van der Waals surface area contributed by atoms with Crippen molar-refractivity contribution in [3.8, 4) is 29.3 Å². The van der Waals surface area contributed by atoms with E-state index in [1.54, 1.807) is 0 Å². The summed E-state index contributed by atoms with van der Waals surface area (Å²) < 4.78 is 2.38. The number of rotatable bonds is 4. The molecule has 2 heterocycles. The van der Waals surface area contributed by atoms with E-state index in [0.29, 0.717) is 34.2 Å². The number of benzene rings is 4. The van der Waals surface area contributed by atoms with Gasteiger partial charge in [0.25, 0.3) is 0 Å². The molecule has 3 aliphatic carbocycles. The third-order valence-electron chi connectivity index (χ3n) is 11.2. The van der Waals surface area contributed by atoms with Crippen LogP contribution < -0.4 is 4.90 Å². The van der Waals surface area contributed by atoms with Crippen LogP contribution in [-0.2, 0) is 6.42 Å². The van der Waals surface area contributed by atoms with E-state index in [1.807, 2.05) is 30.3 Å². The highest BCUT2D eigenvalue weighted by Gasteiger charge is 2.41. The van der Waals surface area contributed by atoms with Crippen molar-refractivity contribution in [3.63, 3.8) is 0 Å². The predicted octanol–water partition coefficient (Wildman–Crippen LogP) is 11.0. The molecule has 0 amide bonds. The Morgan fingerprint density at radius 1 is 0.750 bits per heavy atom. The molecule has 0 radical (unpaired) electrons. The summed E-state index contributed by atoms with van der Waals surface area (Å²) in [7, 11) is 0. The maximum atomic E-state index is 10.6. The van der Waals surface area contributed by atoms with Crippen LogP contribution in [0.25, 0.3) is 39.4 Å². The minimum Gasteiger partial charge on any atom is -0.331 e. The summed E-state index contributed by atoms with van der Waals surface area (Å²) in [4.78, 5) is 2.24. The number of nitriles is 3. The van der Waals surface area contributed by atoms with E-state index >= 15 is 0 Å². The number of hydrogen-bond acceptors (Lipinski definition) is 4. The zero-order valence-electron chi connectivity index (χ0n) is 28.9. The fourth-order valence-corrected chi connectivity index (χ4v) is 8.86. The van der Waals surface area contributed by atoms with Gasteiger partial charge in [0.05, 0.1) is 40.0 Å². The van der Waals surface area contributed by atoms with E-state index in [4.69, 9.17) is 0 Å². The molecule has 5 heteroatoms. The van der Waals surface area contributed by atoms with Crippen molar-refractivity contribution in [1.29, 1.82) is 15.8 Å². The SMILES string of the molecule is CC1C=CC2C(C1)c1ccccc1N2c1c(C#N)cc(-c2cccc(C3=C(n4c5c(c6cc(C#N)ccc64)C=CC=CC5)C=CCC3)c2)cc1C#N. The molecular formula is C47H35N5. The molecule has 1 aromatic heterocycles. The van der Waals surface area contributed by atoms with Crippen molar-refractivity contribution >= 4 is 39.6 Å². The van der Waals surface area contributed by atoms with Crippen LogP contribution in [0.1, 0.15) is 71.2 Å². The van der Waals surface area contributed by atoms with Gasteiger partial charge in [-0.3, -0.25) is 0 Å². The van der Waals surface area contributed by atoms with Gasteiger partial charge >= 0.3 is 0 Å². The molecule has 0 fully saturated rings. The van der Waals surface area contributed by atoms with Gasteiger partial charge in [-0.15, -0.1) is 0 Å². The molecular weight excluding hydrogens is 635 g/mol. The minimum absolute atomic E-state index is 0.0592. The van der Waals surface area contributed by atoms with E-state index in [-0.39, 0.29) is 6.04 Å². The molecule has 4 aromatic carbocycles. The normalized spacial score (nSPS) is 19.8. The monoisotopic (exact) mass is 669 g/mol. The maximum absolute atomic E-state index is 10.6. The van der Waals surface area contributed by atoms with Crippen molar-refractivity contribution in [2.45, 2.75) is 44.6 Å². The topological polar surface area (TPSA) is 79.5 Å². The smallest absolute Gasteiger partial charge is 0.101 e. The van der Waals surface area contributed by atoms with Crippen molar-refractivity contribution < 1.29 is 0 Å². The number of para-hydroxylation sites is 1. The molecule has 5 aromatic rings. The highest BCUT2D eigenvalue weighted by atomic mass is 15.2. The van der Waals surface area contributed by atoms with Gasteiger partial charge in [0, 0.05) is 40.4 Å². The van der Waals surface area contributed by atoms with E-state index in [1.165, 1.54) is 16.8 Å². The molecule has 9 rings (SSSR count). The first-order chi connectivity index (χ1) is 25.6. The number of nitrogens with zero attached hydrogens (tertiary/aromatic N) is 5. The van der Waals surface area contributed by atoms with Gasteiger partial charge in [-0.2, -0.15) is 15.8 Å². The third kappa shape index (κ3) is 4.96. The Balaban J connectivity index is 1.18. The van der Waals surface area contributed by atoms with Crippen LogP contribution in [0.2, 0.25) is 0 Å². The van der Waals surface area contributed by atoms with Gasteiger partial charge in [0.2, 0.25) is 0 Å². The van der Waals surface area contributed by atoms with Gasteiger partial charge < -0.3 is 9.47 Å². The number of anilines is 2.